The van der Waals surface area contributed by atoms with Crippen molar-refractivity contribution in [2.75, 3.05) is 64.3 Å². The number of esters is 3. The van der Waals surface area contributed by atoms with E-state index in [1.54, 1.807) is 83.1 Å². The average molecular weight is 1460 g/mol. The van der Waals surface area contributed by atoms with Crippen molar-refractivity contribution in [2.24, 2.45) is 35.0 Å². The first-order chi connectivity index (χ1) is 50.3. The minimum absolute atomic E-state index is 0.0480. The van der Waals surface area contributed by atoms with Crippen LogP contribution in [0.4, 0.5) is 28.9 Å². The first-order valence-electron chi connectivity index (χ1n) is 34.7. The van der Waals surface area contributed by atoms with Gasteiger partial charge in [0.2, 0.25) is 10.0 Å². The molecule has 7 fully saturated rings. The number of sulfonamides is 1. The van der Waals surface area contributed by atoms with E-state index in [2.05, 4.69) is 29.6 Å². The number of halogens is 2. The highest BCUT2D eigenvalue weighted by Crippen LogP contribution is 2.52. The second-order valence-electron chi connectivity index (χ2n) is 28.9. The van der Waals surface area contributed by atoms with Crippen molar-refractivity contribution < 1.29 is 79.1 Å². The third kappa shape index (κ3) is 11.6. The molecule has 3 aliphatic carbocycles. The molecule has 546 valence electrons. The lowest BCUT2D eigenvalue weighted by molar-refractivity contribution is -0.0444. The Morgan fingerprint density at radius 2 is 1.03 bits per heavy atom. The molecule has 7 aliphatic rings. The number of H-pyrrole nitrogens is 4. The predicted octanol–water partition coefficient (Wildman–Crippen LogP) is 9.72. The van der Waals surface area contributed by atoms with Crippen LogP contribution in [0.3, 0.4) is 0 Å². The number of aromatic nitrogens is 5. The molecule has 4 aromatic carbocycles. The van der Waals surface area contributed by atoms with Crippen LogP contribution in [0, 0.1) is 29.4 Å². The number of methoxy groups -OCH3 is 1. The largest absolute Gasteiger partial charge is 0.491 e. The first-order valence-corrected chi connectivity index (χ1v) is 36.2. The number of hydrogen-bond donors (Lipinski definition) is 8. The Labute approximate surface area is 597 Å². The molecule has 0 unspecified atom stereocenters. The molecule has 28 nitrogen and oxygen atoms in total. The number of ether oxygens (including phenoxy) is 7. The predicted molar refractivity (Wildman–Crippen MR) is 376 cm³/mol. The molecule has 11 N–H and O–H groups in total. The number of fused-ring (bicyclic) bond motifs is 3. The minimum Gasteiger partial charge on any atom is -0.491 e. The Morgan fingerprint density at radius 3 is 1.44 bits per heavy atom. The highest BCUT2D eigenvalue weighted by atomic mass is 32.2. The fourth-order valence-corrected chi connectivity index (χ4v) is 17.9. The zero-order chi connectivity index (χ0) is 73.5. The van der Waals surface area contributed by atoms with E-state index in [0.717, 1.165) is 12.1 Å². The maximum absolute atomic E-state index is 16.5. The Balaban J connectivity index is 0.772. The molecule has 0 radical (unpaired) electrons. The maximum atomic E-state index is 16.5. The molecule has 3 saturated carbocycles. The van der Waals surface area contributed by atoms with E-state index in [0.29, 0.717) is 114 Å². The summed E-state index contributed by atoms with van der Waals surface area (Å²) in [5.74, 6) is -5.69. The summed E-state index contributed by atoms with van der Waals surface area (Å²) in [6.45, 7) is 7.36. The fraction of sp³-hybridized carbons (Fsp3) is 0.378. The molecule has 16 rings (SSSR count). The number of hydrogen-bond acceptors (Lipinski definition) is 20. The van der Waals surface area contributed by atoms with Crippen molar-refractivity contribution in [1.29, 1.82) is 0 Å². The van der Waals surface area contributed by atoms with E-state index in [9.17, 15) is 27.6 Å². The van der Waals surface area contributed by atoms with Gasteiger partial charge in [0.05, 0.1) is 80.3 Å². The summed E-state index contributed by atoms with van der Waals surface area (Å²) in [5, 5.41) is 0.176. The summed E-state index contributed by atoms with van der Waals surface area (Å²) in [5.41, 5.74) is 16.7. The van der Waals surface area contributed by atoms with E-state index >= 15 is 23.2 Å². The van der Waals surface area contributed by atoms with Gasteiger partial charge in [0.25, 0.3) is 11.4 Å². The molecule has 4 aliphatic heterocycles. The van der Waals surface area contributed by atoms with Gasteiger partial charge in [0.1, 0.15) is 45.0 Å². The van der Waals surface area contributed by atoms with Gasteiger partial charge in [-0.3, -0.25) is 24.2 Å². The topological polar surface area (TPSA) is 394 Å². The average Bonchev–Trinajstić information content (AvgIpc) is 1.59. The molecule has 9 aromatic rings. The number of amides is 3. The third-order valence-electron chi connectivity index (χ3n) is 22.3. The molecular weight excluding hydrogens is 1380 g/mol. The van der Waals surface area contributed by atoms with Gasteiger partial charge in [0.15, 0.2) is 11.6 Å². The van der Waals surface area contributed by atoms with Crippen molar-refractivity contribution in [3.05, 3.63) is 153 Å². The standard InChI is InChI=1S/C74H74F2N12O16S/c1-35(86-32-72(102-69(86)93)19-38(20-72)25-77)45-8-5-11-48-55(41-14-15-53(51(75)16-41)85-105(96,97)44-30-99-31-44)61(82-58(45)48)67(91)101-68(92)63-57(50-13-7-10-47(60(50)84-63)37(3)88-34-74(104-71(88)95)23-40(24-74)27-79)43-18-54(98-4)65(81-29-43)100-66(90)62-56(42-17-52(76)64(89)80-28-42)49-12-6-9-46(59(49)83-62)36(2)87-33-73(103-70(87)94)21-39(22-73)26-78/h5-18,28-29,35-40,44,82-85H,19-27,30-34,77-79H2,1-4H3,(H,80,89)/t35-,36-,37-,38?,39?,40?,72?,73?,74?/m0/s1. The molecule has 4 saturated heterocycles. The first kappa shape index (κ1) is 68.7. The van der Waals surface area contributed by atoms with Gasteiger partial charge in [-0.1, -0.05) is 60.7 Å². The number of pyridine rings is 2. The number of carbonyl (C=O) groups excluding carboxylic acids is 6. The van der Waals surface area contributed by atoms with Crippen LogP contribution in [-0.2, 0) is 33.7 Å². The lowest BCUT2D eigenvalue weighted by Gasteiger charge is -2.42. The number of nitrogens with two attached hydrogens (primary N) is 3. The van der Waals surface area contributed by atoms with Crippen LogP contribution in [0.2, 0.25) is 0 Å². The molecule has 31 heteroatoms. The number of carbonyl (C=O) groups is 6. The van der Waals surface area contributed by atoms with Crippen LogP contribution in [0.25, 0.3) is 66.1 Å². The third-order valence-corrected chi connectivity index (χ3v) is 24.0. The smallest absolute Gasteiger partial charge is 0.411 e. The van der Waals surface area contributed by atoms with Crippen LogP contribution < -0.4 is 37.0 Å². The monoisotopic (exact) mass is 1460 g/mol. The normalized spacial score (nSPS) is 23.6. The Bertz CT molecular complexity index is 5320. The molecule has 3 atom stereocenters. The number of benzene rings is 4. The number of anilines is 1. The van der Waals surface area contributed by atoms with Crippen molar-refractivity contribution in [2.45, 2.75) is 99.5 Å². The number of rotatable bonds is 20. The van der Waals surface area contributed by atoms with Crippen molar-refractivity contribution >= 4 is 84.6 Å². The Morgan fingerprint density at radius 1 is 0.600 bits per heavy atom. The van der Waals surface area contributed by atoms with Crippen molar-refractivity contribution in [3.8, 4) is 45.0 Å². The summed E-state index contributed by atoms with van der Waals surface area (Å²) in [4.78, 5) is 121. The summed E-state index contributed by atoms with van der Waals surface area (Å²) in [7, 11) is -2.80. The van der Waals surface area contributed by atoms with Gasteiger partial charge in [-0.2, -0.15) is 0 Å². The van der Waals surface area contributed by atoms with Gasteiger partial charge < -0.3 is 70.3 Å². The summed E-state index contributed by atoms with van der Waals surface area (Å²) < 4.78 is 102. The molecule has 5 aromatic heterocycles. The molecular formula is C74H74F2N12O16S. The second kappa shape index (κ2) is 25.6. The van der Waals surface area contributed by atoms with E-state index in [4.69, 9.17) is 50.4 Å². The van der Waals surface area contributed by atoms with E-state index in [1.165, 1.54) is 37.7 Å². The quantitative estimate of drug-likeness (QED) is 0.0200. The number of para-hydroxylation sites is 3. The van der Waals surface area contributed by atoms with Gasteiger partial charge in [-0.15, -0.1) is 0 Å². The van der Waals surface area contributed by atoms with Gasteiger partial charge in [-0.05, 0) is 143 Å². The van der Waals surface area contributed by atoms with Gasteiger partial charge in [0, 0.05) is 56.4 Å². The zero-order valence-electron chi connectivity index (χ0n) is 57.4. The molecule has 3 amide bonds. The molecule has 0 bridgehead atoms. The van der Waals surface area contributed by atoms with Gasteiger partial charge in [-0.25, -0.2) is 50.9 Å². The van der Waals surface area contributed by atoms with Gasteiger partial charge >= 0.3 is 36.2 Å². The zero-order valence-corrected chi connectivity index (χ0v) is 58.2. The SMILES string of the molecule is COc1cc(-c2c(C(=O)OC(=O)c3[nH]c4c([C@H](C)N5CC6(CC(CN)C6)OC5=O)cccc4c3-c3ccc(NS(=O)(=O)C4COC4)c(F)c3)[nH]c3c([C@H](C)N4CC5(CC(CN)C5)OC4=O)cccc23)cnc1OC(=O)c1[nH]c2c([C@H](C)N3CC4(CC(CN)C4)OC3=O)cccc2c1-c1c[nH]c(=O)c(F)c1. The van der Waals surface area contributed by atoms with Crippen LogP contribution in [0.15, 0.2) is 102 Å². The maximum Gasteiger partial charge on any atom is 0.411 e. The lowest BCUT2D eigenvalue weighted by Crippen LogP contribution is -2.49. The van der Waals surface area contributed by atoms with E-state index in [1.807, 2.05) is 6.92 Å². The highest BCUT2D eigenvalue weighted by molar-refractivity contribution is 7.93. The molecule has 105 heavy (non-hydrogen) atoms. The van der Waals surface area contributed by atoms with Crippen molar-refractivity contribution in [1.82, 2.24) is 39.6 Å². The Kier molecular flexibility index (Phi) is 16.7. The van der Waals surface area contributed by atoms with Crippen LogP contribution in [0.1, 0.15) is 126 Å². The van der Waals surface area contributed by atoms with E-state index < -0.39 is 104 Å². The molecule has 3 spiro atoms. The fourth-order valence-electron chi connectivity index (χ4n) is 16.7. The lowest BCUT2D eigenvalue weighted by atomic mass is 9.71. The minimum atomic E-state index is -4.08. The molecule has 9 heterocycles. The Hall–Kier alpha value is -10.7. The number of aromatic amines is 4. The summed E-state index contributed by atoms with van der Waals surface area (Å²) >= 11 is 0. The van der Waals surface area contributed by atoms with Crippen LogP contribution >= 0.6 is 0 Å². The van der Waals surface area contributed by atoms with E-state index in [-0.39, 0.29) is 112 Å². The van der Waals surface area contributed by atoms with Crippen LogP contribution in [-0.4, -0.2) is 166 Å². The second-order valence-corrected chi connectivity index (χ2v) is 30.9. The van der Waals surface area contributed by atoms with Crippen molar-refractivity contribution in [3.63, 3.8) is 0 Å². The summed E-state index contributed by atoms with van der Waals surface area (Å²) in [6.07, 6.45) is 4.44. The number of nitrogens with zero attached hydrogens (tertiary/aromatic N) is 4. The van der Waals surface area contributed by atoms with Crippen LogP contribution in [0.5, 0.6) is 11.6 Å². The highest BCUT2D eigenvalue weighted by Gasteiger charge is 2.57. The number of nitrogens with one attached hydrogen (secondary N) is 5. The summed E-state index contributed by atoms with van der Waals surface area (Å²) in [6, 6.07) is 19.5.